The van der Waals surface area contributed by atoms with Gasteiger partial charge in [0.05, 0.1) is 18.7 Å². The van der Waals surface area contributed by atoms with Crippen LogP contribution in [0.3, 0.4) is 0 Å². The number of nitriles is 1. The first-order valence-electron chi connectivity index (χ1n) is 4.27. The predicted molar refractivity (Wildman–Crippen MR) is 56.2 cm³/mol. The number of carbonyl (C=O) groups excluding carboxylic acids is 1. The van der Waals surface area contributed by atoms with E-state index in [1.165, 1.54) is 29.0 Å². The Labute approximate surface area is 97.8 Å². The number of hydrogen-bond donors (Lipinski definition) is 1. The van der Waals surface area contributed by atoms with Crippen molar-refractivity contribution in [1.82, 2.24) is 4.72 Å². The first-order valence-corrected chi connectivity index (χ1v) is 5.68. The zero-order valence-corrected chi connectivity index (χ0v) is 9.52. The van der Waals surface area contributed by atoms with Crippen molar-refractivity contribution >= 4 is 16.4 Å². The molecule has 0 saturated heterocycles. The number of carbonyl (C=O) groups is 1. The summed E-state index contributed by atoms with van der Waals surface area (Å²) in [7, 11) is -3.23. The zero-order chi connectivity index (χ0) is 12.9. The minimum atomic E-state index is -4.13. The highest BCUT2D eigenvalue weighted by Gasteiger charge is 2.14. The molecule has 0 unspecified atom stereocenters. The van der Waals surface area contributed by atoms with Crippen LogP contribution in [0, 0.1) is 11.3 Å². The maximum Gasteiger partial charge on any atom is 0.428 e. The maximum absolute atomic E-state index is 11.1. The van der Waals surface area contributed by atoms with Gasteiger partial charge in [0.15, 0.2) is 0 Å². The van der Waals surface area contributed by atoms with Crippen molar-refractivity contribution in [3.05, 3.63) is 29.8 Å². The SMILES string of the molecule is COS(=O)(=O)NC(=O)Oc1ccc(C#N)cc1. The van der Waals surface area contributed by atoms with Crippen molar-refractivity contribution in [2.24, 2.45) is 0 Å². The Hall–Kier alpha value is -2.11. The summed E-state index contributed by atoms with van der Waals surface area (Å²) in [4.78, 5) is 11.1. The van der Waals surface area contributed by atoms with Gasteiger partial charge < -0.3 is 4.74 Å². The first kappa shape index (κ1) is 13.0. The number of ether oxygens (including phenoxy) is 1. The standard InChI is InChI=1S/C9H8N2O5S/c1-15-17(13,14)11-9(12)16-8-4-2-7(6-10)3-5-8/h2-5H,1H3,(H,11,12). The van der Waals surface area contributed by atoms with Crippen molar-refractivity contribution in [3.63, 3.8) is 0 Å². The molecule has 0 aromatic heterocycles. The Morgan fingerprint density at radius 1 is 1.35 bits per heavy atom. The summed E-state index contributed by atoms with van der Waals surface area (Å²) in [5.41, 5.74) is 0.391. The van der Waals surface area contributed by atoms with Crippen LogP contribution in [0.1, 0.15) is 5.56 Å². The molecule has 0 radical (unpaired) electrons. The number of nitrogens with zero attached hydrogens (tertiary/aromatic N) is 1. The number of rotatable bonds is 3. The molecule has 0 spiro atoms. The summed E-state index contributed by atoms with van der Waals surface area (Å²) < 4.78 is 31.8. The van der Waals surface area contributed by atoms with Crippen molar-refractivity contribution in [3.8, 4) is 11.8 Å². The van der Waals surface area contributed by atoms with E-state index >= 15 is 0 Å². The van der Waals surface area contributed by atoms with E-state index in [0.29, 0.717) is 5.56 Å². The van der Waals surface area contributed by atoms with E-state index in [1.54, 1.807) is 0 Å². The molecule has 0 aliphatic rings. The lowest BCUT2D eigenvalue weighted by Gasteiger charge is -2.05. The van der Waals surface area contributed by atoms with E-state index < -0.39 is 16.4 Å². The van der Waals surface area contributed by atoms with Crippen LogP contribution in [0.25, 0.3) is 0 Å². The summed E-state index contributed by atoms with van der Waals surface area (Å²) in [6.07, 6.45) is -1.20. The zero-order valence-electron chi connectivity index (χ0n) is 8.71. The normalized spacial score (nSPS) is 10.4. The third kappa shape index (κ3) is 4.10. The monoisotopic (exact) mass is 256 g/mol. The molecule has 0 heterocycles. The van der Waals surface area contributed by atoms with Crippen molar-refractivity contribution in [2.45, 2.75) is 0 Å². The van der Waals surface area contributed by atoms with Crippen LogP contribution < -0.4 is 9.46 Å². The molecule has 1 amide bonds. The van der Waals surface area contributed by atoms with E-state index in [1.807, 2.05) is 6.07 Å². The molecule has 17 heavy (non-hydrogen) atoms. The van der Waals surface area contributed by atoms with Gasteiger partial charge in [-0.25, -0.2) is 4.79 Å². The quantitative estimate of drug-likeness (QED) is 0.845. The minimum Gasteiger partial charge on any atom is -0.410 e. The van der Waals surface area contributed by atoms with Gasteiger partial charge in [0, 0.05) is 0 Å². The summed E-state index contributed by atoms with van der Waals surface area (Å²) >= 11 is 0. The summed E-state index contributed by atoms with van der Waals surface area (Å²) in [5, 5.41) is 8.53. The Morgan fingerprint density at radius 2 is 1.94 bits per heavy atom. The van der Waals surface area contributed by atoms with Gasteiger partial charge in [0.25, 0.3) is 0 Å². The number of amides is 1. The maximum atomic E-state index is 11.1. The molecule has 0 fully saturated rings. The number of hydrogen-bond acceptors (Lipinski definition) is 6. The summed E-state index contributed by atoms with van der Waals surface area (Å²) in [5.74, 6) is 0.104. The van der Waals surface area contributed by atoms with Crippen molar-refractivity contribution < 1.29 is 22.1 Å². The van der Waals surface area contributed by atoms with Crippen molar-refractivity contribution in [2.75, 3.05) is 7.11 Å². The third-order valence-corrected chi connectivity index (χ3v) is 2.48. The summed E-state index contributed by atoms with van der Waals surface area (Å²) in [6, 6.07) is 7.45. The van der Waals surface area contributed by atoms with Gasteiger partial charge in [-0.3, -0.25) is 4.18 Å². The predicted octanol–water partition coefficient (Wildman–Crippen LogP) is 0.538. The lowest BCUT2D eigenvalue weighted by Crippen LogP contribution is -2.33. The van der Waals surface area contributed by atoms with Gasteiger partial charge in [-0.05, 0) is 24.3 Å². The van der Waals surface area contributed by atoms with E-state index in [-0.39, 0.29) is 5.75 Å². The van der Waals surface area contributed by atoms with E-state index in [9.17, 15) is 13.2 Å². The van der Waals surface area contributed by atoms with Gasteiger partial charge in [-0.1, -0.05) is 0 Å². The van der Waals surface area contributed by atoms with E-state index in [4.69, 9.17) is 5.26 Å². The van der Waals surface area contributed by atoms with Crippen LogP contribution in [0.4, 0.5) is 4.79 Å². The van der Waals surface area contributed by atoms with Crippen LogP contribution in [0.5, 0.6) is 5.75 Å². The molecule has 1 N–H and O–H groups in total. The highest BCUT2D eigenvalue weighted by atomic mass is 32.2. The van der Waals surface area contributed by atoms with Gasteiger partial charge in [-0.2, -0.15) is 18.4 Å². The molecule has 1 aromatic rings. The van der Waals surface area contributed by atoms with Crippen LogP contribution in [-0.4, -0.2) is 21.6 Å². The molecule has 0 bridgehead atoms. The molecule has 0 saturated carbocycles. The molecule has 0 aliphatic heterocycles. The van der Waals surface area contributed by atoms with E-state index in [2.05, 4.69) is 8.92 Å². The molecule has 7 nitrogen and oxygen atoms in total. The highest BCUT2D eigenvalue weighted by molar-refractivity contribution is 7.85. The van der Waals surface area contributed by atoms with Crippen LogP contribution in [0.15, 0.2) is 24.3 Å². The van der Waals surface area contributed by atoms with Gasteiger partial charge in [0.2, 0.25) is 0 Å². The smallest absolute Gasteiger partial charge is 0.410 e. The molecule has 0 atom stereocenters. The average molecular weight is 256 g/mol. The molecule has 0 aliphatic carbocycles. The third-order valence-electron chi connectivity index (χ3n) is 1.62. The van der Waals surface area contributed by atoms with Gasteiger partial charge in [-0.15, -0.1) is 0 Å². The van der Waals surface area contributed by atoms with Crippen LogP contribution in [0.2, 0.25) is 0 Å². The molecular weight excluding hydrogens is 248 g/mol. The highest BCUT2D eigenvalue weighted by Crippen LogP contribution is 2.11. The molecule has 1 rings (SSSR count). The fourth-order valence-electron chi connectivity index (χ4n) is 0.869. The topological polar surface area (TPSA) is 105 Å². The van der Waals surface area contributed by atoms with Crippen LogP contribution in [-0.2, 0) is 14.5 Å². The second-order valence-electron chi connectivity index (χ2n) is 2.75. The molecule has 8 heteroatoms. The minimum absolute atomic E-state index is 0.104. The van der Waals surface area contributed by atoms with Crippen LogP contribution >= 0.6 is 0 Å². The lowest BCUT2D eigenvalue weighted by atomic mass is 10.2. The van der Waals surface area contributed by atoms with Gasteiger partial charge >= 0.3 is 16.4 Å². The fraction of sp³-hybridized carbons (Fsp3) is 0.111. The van der Waals surface area contributed by atoms with Crippen molar-refractivity contribution in [1.29, 1.82) is 5.26 Å². The fourth-order valence-corrected chi connectivity index (χ4v) is 1.20. The van der Waals surface area contributed by atoms with E-state index in [0.717, 1.165) is 7.11 Å². The second-order valence-corrected chi connectivity index (χ2v) is 4.19. The summed E-state index contributed by atoms with van der Waals surface area (Å²) in [6.45, 7) is 0. The number of nitrogens with one attached hydrogen (secondary N) is 1. The Balaban J connectivity index is 2.66. The van der Waals surface area contributed by atoms with Gasteiger partial charge in [0.1, 0.15) is 5.75 Å². The largest absolute Gasteiger partial charge is 0.428 e. The molecule has 1 aromatic carbocycles. The second kappa shape index (κ2) is 5.29. The Morgan fingerprint density at radius 3 is 2.41 bits per heavy atom. The Bertz CT molecular complexity index is 544. The molecular formula is C9H8N2O5S. The molecule has 90 valence electrons. The first-order chi connectivity index (χ1) is 7.96. The number of benzene rings is 1. The average Bonchev–Trinajstić information content (AvgIpc) is 2.29. The lowest BCUT2D eigenvalue weighted by molar-refractivity contribution is 0.205. The Kier molecular flexibility index (Phi) is 4.03.